The van der Waals surface area contributed by atoms with Gasteiger partial charge in [-0.3, -0.25) is 4.79 Å². The van der Waals surface area contributed by atoms with Crippen LogP contribution in [0.15, 0.2) is 12.3 Å². The van der Waals surface area contributed by atoms with Crippen molar-refractivity contribution in [1.82, 2.24) is 9.97 Å². The van der Waals surface area contributed by atoms with Gasteiger partial charge in [0, 0.05) is 13.2 Å². The van der Waals surface area contributed by atoms with Gasteiger partial charge in [-0.2, -0.15) is 0 Å². The lowest BCUT2D eigenvalue weighted by Gasteiger charge is -2.15. The summed E-state index contributed by atoms with van der Waals surface area (Å²) in [5, 5.41) is 0. The van der Waals surface area contributed by atoms with Crippen molar-refractivity contribution < 1.29 is 9.53 Å². The second-order valence-corrected chi connectivity index (χ2v) is 3.48. The molecule has 86 valence electrons. The van der Waals surface area contributed by atoms with E-state index >= 15 is 0 Å². The molecule has 0 aromatic carbocycles. The Hall–Kier alpha value is -1.76. The highest BCUT2D eigenvalue weighted by Gasteiger charge is 2.10. The second-order valence-electron chi connectivity index (χ2n) is 3.04. The van der Waals surface area contributed by atoms with Gasteiger partial charge in [0.15, 0.2) is 0 Å². The Kier molecular flexibility index (Phi) is 4.12. The predicted octanol–water partition coefficient (Wildman–Crippen LogP) is -0.280. The lowest BCUT2D eigenvalue weighted by atomic mass is 10.4. The van der Waals surface area contributed by atoms with Crippen molar-refractivity contribution in [1.29, 1.82) is 0 Å². The summed E-state index contributed by atoms with van der Waals surface area (Å²) in [6.07, 6.45) is 1.53. The van der Waals surface area contributed by atoms with Crippen molar-refractivity contribution in [3.05, 3.63) is 18.0 Å². The van der Waals surface area contributed by atoms with Crippen molar-refractivity contribution >= 4 is 29.1 Å². The molecule has 1 aromatic rings. The minimum Gasteiger partial charge on any atom is -0.468 e. The zero-order valence-electron chi connectivity index (χ0n) is 9.01. The molecule has 0 unspecified atom stereocenters. The fourth-order valence-corrected chi connectivity index (χ4v) is 1.11. The Balaban J connectivity index is 2.83. The average Bonchev–Trinajstić information content (AvgIpc) is 2.28. The predicted molar refractivity (Wildman–Crippen MR) is 63.2 cm³/mol. The monoisotopic (exact) mass is 240 g/mol. The van der Waals surface area contributed by atoms with Crippen LogP contribution in [0.5, 0.6) is 0 Å². The third kappa shape index (κ3) is 3.13. The molecule has 0 fully saturated rings. The summed E-state index contributed by atoms with van der Waals surface area (Å²) < 4.78 is 4.53. The number of carbonyl (C=O) groups is 1. The van der Waals surface area contributed by atoms with Crippen LogP contribution >= 0.6 is 12.2 Å². The van der Waals surface area contributed by atoms with E-state index in [-0.39, 0.29) is 17.5 Å². The van der Waals surface area contributed by atoms with Crippen LogP contribution in [0.4, 0.5) is 5.95 Å². The summed E-state index contributed by atoms with van der Waals surface area (Å²) in [4.78, 5) is 20.9. The maximum atomic E-state index is 11.0. The molecule has 2 N–H and O–H groups in total. The Bertz CT molecular complexity index is 410. The third-order valence-electron chi connectivity index (χ3n) is 1.83. The molecule has 6 nitrogen and oxygen atoms in total. The number of rotatable bonds is 4. The highest BCUT2D eigenvalue weighted by atomic mass is 32.1. The maximum absolute atomic E-state index is 11.0. The summed E-state index contributed by atoms with van der Waals surface area (Å²) in [7, 11) is 3.00. The lowest BCUT2D eigenvalue weighted by Crippen LogP contribution is -2.28. The molecule has 0 spiro atoms. The molecule has 0 bridgehead atoms. The van der Waals surface area contributed by atoms with Gasteiger partial charge in [-0.25, -0.2) is 9.97 Å². The molecule has 0 saturated heterocycles. The van der Waals surface area contributed by atoms with Gasteiger partial charge in [-0.15, -0.1) is 0 Å². The van der Waals surface area contributed by atoms with Crippen molar-refractivity contribution in [2.24, 2.45) is 5.73 Å². The van der Waals surface area contributed by atoms with Crippen molar-refractivity contribution in [2.75, 3.05) is 25.6 Å². The Morgan fingerprint density at radius 3 is 2.94 bits per heavy atom. The number of likely N-dealkylation sites (N-methyl/N-ethyl adjacent to an activating group) is 1. The SMILES string of the molecule is COC(=O)CN(C)c1nccc(C(N)=S)n1. The lowest BCUT2D eigenvalue weighted by molar-refractivity contribution is -0.138. The zero-order valence-corrected chi connectivity index (χ0v) is 9.82. The van der Waals surface area contributed by atoms with Crippen LogP contribution in [-0.4, -0.2) is 41.6 Å². The average molecular weight is 240 g/mol. The Labute approximate surface area is 98.4 Å². The van der Waals surface area contributed by atoms with Gasteiger partial charge in [0.25, 0.3) is 0 Å². The highest BCUT2D eigenvalue weighted by molar-refractivity contribution is 7.80. The van der Waals surface area contributed by atoms with Crippen LogP contribution in [0.2, 0.25) is 0 Å². The molecular formula is C9H12N4O2S. The molecule has 0 atom stereocenters. The standard InChI is InChI=1S/C9H12N4O2S/c1-13(5-7(14)15-2)9-11-4-3-6(12-9)8(10)16/h3-4H,5H2,1-2H3,(H2,10,16). The Morgan fingerprint density at radius 1 is 1.69 bits per heavy atom. The van der Waals surface area contributed by atoms with Crippen LogP contribution in [0.25, 0.3) is 0 Å². The van der Waals surface area contributed by atoms with E-state index in [1.807, 2.05) is 0 Å². The highest BCUT2D eigenvalue weighted by Crippen LogP contribution is 2.05. The van der Waals surface area contributed by atoms with E-state index in [2.05, 4.69) is 14.7 Å². The van der Waals surface area contributed by atoms with Crippen LogP contribution < -0.4 is 10.6 Å². The number of esters is 1. The van der Waals surface area contributed by atoms with E-state index in [0.717, 1.165) is 0 Å². The topological polar surface area (TPSA) is 81.3 Å². The van der Waals surface area contributed by atoms with E-state index in [1.165, 1.54) is 13.3 Å². The number of nitrogens with zero attached hydrogens (tertiary/aromatic N) is 3. The van der Waals surface area contributed by atoms with Gasteiger partial charge in [0.1, 0.15) is 17.2 Å². The molecule has 0 radical (unpaired) electrons. The molecule has 0 aliphatic heterocycles. The maximum Gasteiger partial charge on any atom is 0.325 e. The number of anilines is 1. The van der Waals surface area contributed by atoms with E-state index in [0.29, 0.717) is 11.6 Å². The summed E-state index contributed by atoms with van der Waals surface area (Å²) in [6.45, 7) is 0.0668. The van der Waals surface area contributed by atoms with Crippen LogP contribution in [0.1, 0.15) is 5.69 Å². The van der Waals surface area contributed by atoms with Crippen LogP contribution in [0.3, 0.4) is 0 Å². The van der Waals surface area contributed by atoms with Gasteiger partial charge in [-0.05, 0) is 6.07 Å². The number of methoxy groups -OCH3 is 1. The van der Waals surface area contributed by atoms with Crippen molar-refractivity contribution in [3.8, 4) is 0 Å². The minimum absolute atomic E-state index is 0.0668. The molecular weight excluding hydrogens is 228 g/mol. The fourth-order valence-electron chi connectivity index (χ4n) is 0.998. The number of thiocarbonyl (C=S) groups is 1. The smallest absolute Gasteiger partial charge is 0.325 e. The number of carbonyl (C=O) groups excluding carboxylic acids is 1. The first-order valence-electron chi connectivity index (χ1n) is 4.45. The Morgan fingerprint density at radius 2 is 2.38 bits per heavy atom. The van der Waals surface area contributed by atoms with Crippen LogP contribution in [-0.2, 0) is 9.53 Å². The molecule has 7 heteroatoms. The summed E-state index contributed by atoms with van der Waals surface area (Å²) in [5.74, 6) is 0.00234. The molecule has 16 heavy (non-hydrogen) atoms. The number of aromatic nitrogens is 2. The number of hydrogen-bond donors (Lipinski definition) is 1. The molecule has 0 aliphatic carbocycles. The molecule has 0 saturated carbocycles. The number of nitrogens with two attached hydrogens (primary N) is 1. The number of hydrogen-bond acceptors (Lipinski definition) is 6. The van der Waals surface area contributed by atoms with E-state index in [4.69, 9.17) is 18.0 Å². The summed E-state index contributed by atoms with van der Waals surface area (Å²) >= 11 is 4.80. The molecule has 0 aliphatic rings. The quantitative estimate of drug-likeness (QED) is 0.572. The van der Waals surface area contributed by atoms with Gasteiger partial charge in [0.05, 0.1) is 7.11 Å². The number of ether oxygens (including phenoxy) is 1. The second kappa shape index (κ2) is 5.36. The molecule has 1 rings (SSSR count). The van der Waals surface area contributed by atoms with Gasteiger partial charge in [0.2, 0.25) is 5.95 Å². The third-order valence-corrected chi connectivity index (χ3v) is 2.04. The largest absolute Gasteiger partial charge is 0.468 e. The first-order chi connectivity index (χ1) is 7.54. The van der Waals surface area contributed by atoms with E-state index < -0.39 is 0 Å². The fraction of sp³-hybridized carbons (Fsp3) is 0.333. The van der Waals surface area contributed by atoms with Crippen LogP contribution in [0, 0.1) is 0 Å². The molecule has 1 heterocycles. The normalized spacial score (nSPS) is 9.62. The first-order valence-corrected chi connectivity index (χ1v) is 4.86. The molecule has 1 aromatic heterocycles. The summed E-state index contributed by atoms with van der Waals surface area (Å²) in [5.41, 5.74) is 5.91. The minimum atomic E-state index is -0.369. The van der Waals surface area contributed by atoms with E-state index in [9.17, 15) is 4.79 Å². The van der Waals surface area contributed by atoms with Gasteiger partial charge >= 0.3 is 5.97 Å². The zero-order chi connectivity index (χ0) is 12.1. The van der Waals surface area contributed by atoms with Crippen molar-refractivity contribution in [3.63, 3.8) is 0 Å². The van der Waals surface area contributed by atoms with Crippen molar-refractivity contribution in [2.45, 2.75) is 0 Å². The van der Waals surface area contributed by atoms with Gasteiger partial charge in [-0.1, -0.05) is 12.2 Å². The summed E-state index contributed by atoms with van der Waals surface area (Å²) in [6, 6.07) is 1.61. The first kappa shape index (κ1) is 12.3. The van der Waals surface area contributed by atoms with Gasteiger partial charge < -0.3 is 15.4 Å². The molecule has 0 amide bonds. The van der Waals surface area contributed by atoms with E-state index in [1.54, 1.807) is 18.0 Å².